The van der Waals surface area contributed by atoms with Crippen molar-refractivity contribution in [3.05, 3.63) is 12.2 Å². The fourth-order valence-corrected chi connectivity index (χ4v) is 6.07. The molecular formula is C35H71N2O6P. The maximum atomic E-state index is 12.7. The van der Waals surface area contributed by atoms with E-state index < -0.39 is 20.0 Å². The zero-order valence-corrected chi connectivity index (χ0v) is 29.6. The van der Waals surface area contributed by atoms with Gasteiger partial charge in [-0.2, -0.15) is 0 Å². The second-order valence-corrected chi connectivity index (χ2v) is 13.9. The van der Waals surface area contributed by atoms with Crippen molar-refractivity contribution >= 4 is 13.7 Å². The molecule has 0 aromatic carbocycles. The summed E-state index contributed by atoms with van der Waals surface area (Å²) in [7, 11) is -4.32. The molecule has 1 amide bonds. The first-order valence-corrected chi connectivity index (χ1v) is 19.8. The van der Waals surface area contributed by atoms with E-state index >= 15 is 0 Å². The van der Waals surface area contributed by atoms with E-state index in [0.717, 1.165) is 38.5 Å². The highest BCUT2D eigenvalue weighted by Gasteiger charge is 2.26. The minimum Gasteiger partial charge on any atom is -0.387 e. The van der Waals surface area contributed by atoms with Gasteiger partial charge in [-0.25, -0.2) is 4.57 Å². The number of carbonyl (C=O) groups is 1. The van der Waals surface area contributed by atoms with Gasteiger partial charge in [-0.15, -0.1) is 0 Å². The van der Waals surface area contributed by atoms with Crippen LogP contribution in [0.1, 0.15) is 174 Å². The van der Waals surface area contributed by atoms with Crippen LogP contribution in [0, 0.1) is 0 Å². The van der Waals surface area contributed by atoms with Crippen molar-refractivity contribution < 1.29 is 28.4 Å². The summed E-state index contributed by atoms with van der Waals surface area (Å²) < 4.78 is 22.0. The number of phosphoric acid groups is 1. The van der Waals surface area contributed by atoms with Gasteiger partial charge < -0.3 is 21.1 Å². The highest BCUT2D eigenvalue weighted by Crippen LogP contribution is 2.43. The first-order chi connectivity index (χ1) is 21.4. The van der Waals surface area contributed by atoms with Crippen LogP contribution in [0.15, 0.2) is 12.2 Å². The summed E-state index contributed by atoms with van der Waals surface area (Å²) in [5.74, 6) is -0.195. The predicted molar refractivity (Wildman–Crippen MR) is 185 cm³/mol. The average molecular weight is 647 g/mol. The number of aliphatic hydroxyl groups excluding tert-OH is 1. The minimum absolute atomic E-state index is 0.0808. The van der Waals surface area contributed by atoms with Crippen molar-refractivity contribution in [3.63, 3.8) is 0 Å². The highest BCUT2D eigenvalue weighted by molar-refractivity contribution is 7.47. The topological polar surface area (TPSA) is 131 Å². The molecule has 0 aliphatic rings. The molecule has 0 saturated carbocycles. The molecule has 1 unspecified atom stereocenters. The molecule has 0 aliphatic heterocycles. The number of phosphoric ester groups is 1. The third kappa shape index (κ3) is 29.9. The number of hydrogen-bond acceptors (Lipinski definition) is 6. The van der Waals surface area contributed by atoms with E-state index in [2.05, 4.69) is 19.2 Å². The van der Waals surface area contributed by atoms with Crippen molar-refractivity contribution in [1.29, 1.82) is 0 Å². The zero-order valence-electron chi connectivity index (χ0n) is 28.7. The zero-order chi connectivity index (χ0) is 32.6. The van der Waals surface area contributed by atoms with Gasteiger partial charge in [0, 0.05) is 13.0 Å². The molecular weight excluding hydrogens is 575 g/mol. The molecule has 5 N–H and O–H groups in total. The van der Waals surface area contributed by atoms with Gasteiger partial charge in [-0.3, -0.25) is 13.8 Å². The van der Waals surface area contributed by atoms with Gasteiger partial charge in [0.1, 0.15) is 0 Å². The second kappa shape index (κ2) is 32.2. The maximum absolute atomic E-state index is 12.7. The van der Waals surface area contributed by atoms with Crippen LogP contribution < -0.4 is 11.1 Å². The molecule has 0 saturated heterocycles. The number of nitrogens with one attached hydrogen (secondary N) is 1. The van der Waals surface area contributed by atoms with E-state index in [1.807, 2.05) is 6.08 Å². The fraction of sp³-hybridized carbons (Fsp3) is 0.914. The summed E-state index contributed by atoms with van der Waals surface area (Å²) in [5.41, 5.74) is 5.34. The van der Waals surface area contributed by atoms with Gasteiger partial charge in [0.05, 0.1) is 25.4 Å². The largest absolute Gasteiger partial charge is 0.472 e. The van der Waals surface area contributed by atoms with E-state index in [1.54, 1.807) is 6.08 Å². The first-order valence-electron chi connectivity index (χ1n) is 18.3. The molecule has 0 aliphatic carbocycles. The molecule has 0 aromatic rings. The van der Waals surface area contributed by atoms with Crippen LogP contribution in [0.5, 0.6) is 0 Å². The third-order valence-electron chi connectivity index (χ3n) is 8.11. The van der Waals surface area contributed by atoms with E-state index in [1.165, 1.54) is 116 Å². The number of allylic oxidation sites excluding steroid dienone is 1. The molecule has 44 heavy (non-hydrogen) atoms. The van der Waals surface area contributed by atoms with Gasteiger partial charge in [-0.05, 0) is 19.3 Å². The molecule has 0 bridgehead atoms. The van der Waals surface area contributed by atoms with Crippen LogP contribution in [0.4, 0.5) is 0 Å². The summed E-state index contributed by atoms with van der Waals surface area (Å²) >= 11 is 0. The van der Waals surface area contributed by atoms with Gasteiger partial charge in [0.2, 0.25) is 5.91 Å². The lowest BCUT2D eigenvalue weighted by Crippen LogP contribution is -2.45. The maximum Gasteiger partial charge on any atom is 0.472 e. The van der Waals surface area contributed by atoms with Gasteiger partial charge in [-0.1, -0.05) is 161 Å². The Balaban J connectivity index is 4.31. The van der Waals surface area contributed by atoms with Crippen LogP contribution in [-0.4, -0.2) is 47.8 Å². The van der Waals surface area contributed by atoms with Gasteiger partial charge in [0.15, 0.2) is 0 Å². The number of carbonyl (C=O) groups excluding carboxylic acids is 1. The molecule has 262 valence electrons. The Labute approximate surface area is 271 Å². The van der Waals surface area contributed by atoms with Gasteiger partial charge >= 0.3 is 7.82 Å². The normalized spacial score (nSPS) is 14.6. The quantitative estimate of drug-likeness (QED) is 0.0311. The van der Waals surface area contributed by atoms with Crippen molar-refractivity contribution in [2.24, 2.45) is 5.73 Å². The molecule has 8 nitrogen and oxygen atoms in total. The number of nitrogens with two attached hydrogens (primary N) is 1. The van der Waals surface area contributed by atoms with E-state index in [4.69, 9.17) is 14.8 Å². The Kier molecular flexibility index (Phi) is 31.6. The number of unbranched alkanes of at least 4 members (excludes halogenated alkanes) is 22. The Bertz CT molecular complexity index is 709. The van der Waals surface area contributed by atoms with Crippen molar-refractivity contribution in [1.82, 2.24) is 5.32 Å². The average Bonchev–Trinajstić information content (AvgIpc) is 3.01. The van der Waals surface area contributed by atoms with E-state index in [9.17, 15) is 19.4 Å². The van der Waals surface area contributed by atoms with Crippen LogP contribution in [0.3, 0.4) is 0 Å². The monoisotopic (exact) mass is 647 g/mol. The second-order valence-electron chi connectivity index (χ2n) is 12.4. The van der Waals surface area contributed by atoms with Crippen molar-refractivity contribution in [2.75, 3.05) is 19.8 Å². The lowest BCUT2D eigenvalue weighted by Gasteiger charge is -2.23. The summed E-state index contributed by atoms with van der Waals surface area (Å²) in [5, 5.41) is 13.6. The number of hydrogen-bond donors (Lipinski definition) is 4. The van der Waals surface area contributed by atoms with Gasteiger partial charge in [0.25, 0.3) is 0 Å². The molecule has 0 heterocycles. The molecule has 0 fully saturated rings. The summed E-state index contributed by atoms with van der Waals surface area (Å²) in [6.45, 7) is 4.11. The molecule has 0 rings (SSSR count). The van der Waals surface area contributed by atoms with Crippen LogP contribution >= 0.6 is 7.82 Å². The lowest BCUT2D eigenvalue weighted by molar-refractivity contribution is -0.123. The smallest absolute Gasteiger partial charge is 0.387 e. The third-order valence-corrected chi connectivity index (χ3v) is 9.10. The number of amides is 1. The fourth-order valence-electron chi connectivity index (χ4n) is 5.31. The Morgan fingerprint density at radius 2 is 1.16 bits per heavy atom. The molecule has 0 aromatic heterocycles. The first kappa shape index (κ1) is 43.2. The molecule has 9 heteroatoms. The van der Waals surface area contributed by atoms with Crippen LogP contribution in [0.25, 0.3) is 0 Å². The standard InChI is InChI=1S/C35H71N2O6P/c1-3-5-7-9-11-13-15-16-17-19-21-23-25-27-29-35(39)37-33(32-43-44(40,41)42-31-30-36)34(38)28-26-24-22-20-18-14-12-10-8-6-4-2/h26,28,33-34,38H,3-25,27,29-32,36H2,1-2H3,(H,37,39)(H,40,41)/b28-26+/t33-,34+/m0/s1. The van der Waals surface area contributed by atoms with Crippen molar-refractivity contribution in [3.8, 4) is 0 Å². The van der Waals surface area contributed by atoms with Crippen LogP contribution in [0.2, 0.25) is 0 Å². The summed E-state index contributed by atoms with van der Waals surface area (Å²) in [6, 6.07) is -0.851. The number of rotatable bonds is 34. The molecule has 0 spiro atoms. The molecule has 3 atom stereocenters. The minimum atomic E-state index is -4.32. The summed E-state index contributed by atoms with van der Waals surface area (Å²) in [4.78, 5) is 22.5. The van der Waals surface area contributed by atoms with E-state index in [0.29, 0.717) is 6.42 Å². The Morgan fingerprint density at radius 1 is 0.727 bits per heavy atom. The predicted octanol–water partition coefficient (Wildman–Crippen LogP) is 9.27. The van der Waals surface area contributed by atoms with E-state index in [-0.39, 0.29) is 25.7 Å². The van der Waals surface area contributed by atoms with Crippen molar-refractivity contribution in [2.45, 2.75) is 187 Å². The summed E-state index contributed by atoms with van der Waals surface area (Å²) in [6.07, 6.45) is 32.5. The van der Waals surface area contributed by atoms with Crippen LogP contribution in [-0.2, 0) is 18.4 Å². The molecule has 0 radical (unpaired) electrons. The lowest BCUT2D eigenvalue weighted by atomic mass is 10.0. The number of aliphatic hydroxyl groups is 1. The Hall–Kier alpha value is -0.760. The highest BCUT2D eigenvalue weighted by atomic mass is 31.2. The SMILES string of the molecule is CCCCCCCCCCC/C=C/[C@@H](O)[C@H](COP(=O)(O)OCCN)NC(=O)CCCCCCCCCCCCCCCC. The Morgan fingerprint density at radius 3 is 1.61 bits per heavy atom.